The Bertz CT molecular complexity index is 921. The second kappa shape index (κ2) is 5.70. The van der Waals surface area contributed by atoms with Crippen LogP contribution in [0.5, 0.6) is 0 Å². The number of likely N-dealkylation sites (N-methyl/N-ethyl adjacent to an activating group) is 1. The third-order valence-electron chi connectivity index (χ3n) is 4.37. The third kappa shape index (κ3) is 2.44. The van der Waals surface area contributed by atoms with E-state index in [1.54, 1.807) is 18.1 Å². The molecule has 1 fully saturated rings. The van der Waals surface area contributed by atoms with Gasteiger partial charge in [0.2, 0.25) is 5.91 Å². The quantitative estimate of drug-likeness (QED) is 0.834. The van der Waals surface area contributed by atoms with E-state index in [-0.39, 0.29) is 11.7 Å². The first-order valence-electron chi connectivity index (χ1n) is 7.90. The lowest BCUT2D eigenvalue weighted by molar-refractivity contribution is -0.127. The smallest absolute Gasteiger partial charge is 0.244 e. The van der Waals surface area contributed by atoms with E-state index in [9.17, 15) is 9.18 Å². The molecule has 1 amide bonds. The fourth-order valence-corrected chi connectivity index (χ4v) is 3.05. The lowest BCUT2D eigenvalue weighted by Crippen LogP contribution is -2.31. The van der Waals surface area contributed by atoms with Crippen LogP contribution in [0.2, 0.25) is 0 Å². The van der Waals surface area contributed by atoms with Crippen molar-refractivity contribution in [2.75, 3.05) is 25.5 Å². The van der Waals surface area contributed by atoms with Gasteiger partial charge in [0, 0.05) is 37.1 Å². The van der Waals surface area contributed by atoms with E-state index in [0.717, 1.165) is 35.4 Å². The topological polar surface area (TPSA) is 86.3 Å². The fourth-order valence-electron chi connectivity index (χ4n) is 3.05. The molecule has 1 atom stereocenters. The number of amides is 1. The van der Waals surface area contributed by atoms with Crippen molar-refractivity contribution in [1.82, 2.24) is 19.9 Å². The zero-order chi connectivity index (χ0) is 16.7. The zero-order valence-electron chi connectivity index (χ0n) is 13.2. The maximum absolute atomic E-state index is 14.1. The van der Waals surface area contributed by atoms with Gasteiger partial charge in [0.15, 0.2) is 17.5 Å². The van der Waals surface area contributed by atoms with Crippen molar-refractivity contribution in [3.63, 3.8) is 0 Å². The number of carbonyl (C=O) groups excluding carboxylic acids is 1. The standard InChI is InChI=1S/C16H17FN6O/c1-23-6-4-12(16(23)24)21-15-11(17)8-20-14(22-15)10-7-19-13-9(10)3-2-5-18-13/h3,7-8,12H,2,4-6H2,1H3,(H,18,19)(H,20,21,22). The van der Waals surface area contributed by atoms with Crippen molar-refractivity contribution in [2.45, 2.75) is 18.9 Å². The largest absolute Gasteiger partial charge is 0.356 e. The summed E-state index contributed by atoms with van der Waals surface area (Å²) in [6.07, 6.45) is 6.46. The van der Waals surface area contributed by atoms with Crippen LogP contribution >= 0.6 is 0 Å². The maximum atomic E-state index is 14.1. The molecule has 24 heavy (non-hydrogen) atoms. The van der Waals surface area contributed by atoms with E-state index in [1.807, 2.05) is 0 Å². The van der Waals surface area contributed by atoms with Crippen molar-refractivity contribution in [3.8, 4) is 11.4 Å². The van der Waals surface area contributed by atoms with E-state index in [4.69, 9.17) is 0 Å². The molecule has 2 aromatic rings. The maximum Gasteiger partial charge on any atom is 0.244 e. The van der Waals surface area contributed by atoms with E-state index in [1.165, 1.54) is 0 Å². The molecule has 4 heterocycles. The van der Waals surface area contributed by atoms with Gasteiger partial charge in [-0.2, -0.15) is 0 Å². The van der Waals surface area contributed by atoms with Crippen molar-refractivity contribution >= 4 is 17.8 Å². The monoisotopic (exact) mass is 328 g/mol. The number of hydrogen-bond donors (Lipinski definition) is 2. The normalized spacial score (nSPS) is 19.7. The average molecular weight is 328 g/mol. The number of aromatic amines is 1. The highest BCUT2D eigenvalue weighted by atomic mass is 19.1. The minimum absolute atomic E-state index is 0.0522. The van der Waals surface area contributed by atoms with E-state index >= 15 is 0 Å². The summed E-state index contributed by atoms with van der Waals surface area (Å²) < 4.78 is 14.1. The molecule has 0 bridgehead atoms. The second-order valence-electron chi connectivity index (χ2n) is 5.97. The molecule has 0 aliphatic carbocycles. The lowest BCUT2D eigenvalue weighted by atomic mass is 10.2. The molecule has 2 N–H and O–H groups in total. The summed E-state index contributed by atoms with van der Waals surface area (Å²) in [4.78, 5) is 29.5. The third-order valence-corrected chi connectivity index (χ3v) is 4.37. The van der Waals surface area contributed by atoms with Gasteiger partial charge < -0.3 is 15.2 Å². The number of aromatic nitrogens is 3. The fraction of sp³-hybridized carbons (Fsp3) is 0.375. The minimum Gasteiger partial charge on any atom is -0.356 e. The van der Waals surface area contributed by atoms with Gasteiger partial charge in [0.1, 0.15) is 11.5 Å². The van der Waals surface area contributed by atoms with Gasteiger partial charge in [0.25, 0.3) is 0 Å². The summed E-state index contributed by atoms with van der Waals surface area (Å²) in [6.45, 7) is 1.40. The molecule has 1 saturated heterocycles. The lowest BCUT2D eigenvalue weighted by Gasteiger charge is -2.13. The highest BCUT2D eigenvalue weighted by Gasteiger charge is 2.30. The van der Waals surface area contributed by atoms with Crippen LogP contribution in [-0.4, -0.2) is 51.9 Å². The number of nitrogens with zero attached hydrogens (tertiary/aromatic N) is 4. The van der Waals surface area contributed by atoms with Crippen molar-refractivity contribution < 1.29 is 9.18 Å². The molecule has 2 aliphatic rings. The van der Waals surface area contributed by atoms with Crippen molar-refractivity contribution in [3.05, 3.63) is 28.9 Å². The molecule has 0 saturated carbocycles. The van der Waals surface area contributed by atoms with Crippen LogP contribution in [0.25, 0.3) is 17.5 Å². The molecule has 7 nitrogen and oxygen atoms in total. The number of hydrogen-bond acceptors (Lipinski definition) is 5. The molecule has 124 valence electrons. The molecule has 0 radical (unpaired) electrons. The van der Waals surface area contributed by atoms with Crippen LogP contribution in [0.1, 0.15) is 12.8 Å². The van der Waals surface area contributed by atoms with E-state index in [0.29, 0.717) is 18.8 Å². The Hall–Kier alpha value is -2.77. The number of nitrogens with one attached hydrogen (secondary N) is 2. The number of halogens is 1. The average Bonchev–Trinajstić information content (AvgIpc) is 3.15. The summed E-state index contributed by atoms with van der Waals surface area (Å²) in [7, 11) is 1.73. The van der Waals surface area contributed by atoms with Crippen LogP contribution in [0.15, 0.2) is 17.4 Å². The summed E-state index contributed by atoms with van der Waals surface area (Å²) in [5, 5.41) is 3.85. The Balaban J connectivity index is 1.70. The van der Waals surface area contributed by atoms with Crippen LogP contribution in [0.4, 0.5) is 10.2 Å². The van der Waals surface area contributed by atoms with Gasteiger partial charge in [-0.05, 0) is 12.8 Å². The molecule has 0 spiro atoms. The first-order chi connectivity index (χ1) is 11.6. The summed E-state index contributed by atoms with van der Waals surface area (Å²) in [5.74, 6) is -0.167. The summed E-state index contributed by atoms with van der Waals surface area (Å²) >= 11 is 0. The van der Waals surface area contributed by atoms with Crippen LogP contribution in [0.3, 0.4) is 0 Å². The Kier molecular flexibility index (Phi) is 3.51. The number of carbonyl (C=O) groups is 1. The molecule has 1 unspecified atom stereocenters. The zero-order valence-corrected chi connectivity index (χ0v) is 13.2. The number of anilines is 1. The van der Waals surface area contributed by atoms with Crippen LogP contribution in [0, 0.1) is 5.82 Å². The number of fused-ring (bicyclic) bond motifs is 1. The van der Waals surface area contributed by atoms with Gasteiger partial charge in [-0.15, -0.1) is 0 Å². The minimum atomic E-state index is -0.570. The molecule has 0 aromatic carbocycles. The number of H-pyrrole nitrogens is 1. The summed E-state index contributed by atoms with van der Waals surface area (Å²) in [5.41, 5.74) is 1.58. The second-order valence-corrected chi connectivity index (χ2v) is 5.97. The highest BCUT2D eigenvalue weighted by molar-refractivity contribution is 5.86. The van der Waals surface area contributed by atoms with Gasteiger partial charge in [-0.1, -0.05) is 6.08 Å². The van der Waals surface area contributed by atoms with Crippen molar-refractivity contribution in [2.24, 2.45) is 4.99 Å². The Morgan fingerprint density at radius 2 is 2.33 bits per heavy atom. The van der Waals surface area contributed by atoms with Crippen molar-refractivity contribution in [1.29, 1.82) is 0 Å². The highest BCUT2D eigenvalue weighted by Crippen LogP contribution is 2.19. The Morgan fingerprint density at radius 1 is 1.46 bits per heavy atom. The molecular formula is C16H17FN6O. The number of rotatable bonds is 3. The Morgan fingerprint density at radius 3 is 3.12 bits per heavy atom. The molecule has 2 aromatic heterocycles. The van der Waals surface area contributed by atoms with Crippen LogP contribution < -0.4 is 16.0 Å². The predicted octanol–water partition coefficient (Wildman–Crippen LogP) is 0.0572. The van der Waals surface area contributed by atoms with Gasteiger partial charge in [-0.25, -0.2) is 14.4 Å². The molecule has 2 aliphatic heterocycles. The summed E-state index contributed by atoms with van der Waals surface area (Å²) in [6, 6.07) is -0.450. The molecule has 8 heteroatoms. The first kappa shape index (κ1) is 14.8. The Labute approximate surface area is 137 Å². The van der Waals surface area contributed by atoms with E-state index < -0.39 is 11.9 Å². The SMILES string of the molecule is CN1CCC(Nc2nc(-c3c[nH]c4c3=CCCN=4)ncc2F)C1=O. The predicted molar refractivity (Wildman–Crippen MR) is 86.2 cm³/mol. The van der Waals surface area contributed by atoms with Crippen LogP contribution in [-0.2, 0) is 4.79 Å². The molecular weight excluding hydrogens is 311 g/mol. The van der Waals surface area contributed by atoms with Gasteiger partial charge in [-0.3, -0.25) is 9.79 Å². The first-order valence-corrected chi connectivity index (χ1v) is 7.90. The van der Waals surface area contributed by atoms with Gasteiger partial charge in [0.05, 0.1) is 6.20 Å². The van der Waals surface area contributed by atoms with Gasteiger partial charge >= 0.3 is 0 Å². The molecule has 4 rings (SSSR count). The number of likely N-dealkylation sites (tertiary alicyclic amines) is 1. The van der Waals surface area contributed by atoms with E-state index in [2.05, 4.69) is 31.3 Å².